The third kappa shape index (κ3) is 3.77. The molecule has 150 valence electrons. The summed E-state index contributed by atoms with van der Waals surface area (Å²) in [5, 5.41) is 11.2. The van der Waals surface area contributed by atoms with Crippen molar-refractivity contribution in [1.29, 1.82) is 0 Å². The van der Waals surface area contributed by atoms with Crippen LogP contribution in [0.2, 0.25) is 0 Å². The zero-order chi connectivity index (χ0) is 21.1. The highest BCUT2D eigenvalue weighted by atomic mass is 32.1. The summed E-state index contributed by atoms with van der Waals surface area (Å²) in [4.78, 5) is 28.2. The summed E-state index contributed by atoms with van der Waals surface area (Å²) < 4.78 is 13.4. The summed E-state index contributed by atoms with van der Waals surface area (Å²) in [6.07, 6.45) is 1.70. The number of nitrogens with zero attached hydrogens (tertiary/aromatic N) is 3. The Morgan fingerprint density at radius 1 is 1.31 bits per heavy atom. The Bertz CT molecular complexity index is 1190. The molecule has 8 nitrogen and oxygen atoms in total. The number of amides is 1. The molecule has 0 bridgehead atoms. The second kappa shape index (κ2) is 8.27. The molecule has 2 aromatic carbocycles. The Morgan fingerprint density at radius 3 is 2.62 bits per heavy atom. The van der Waals surface area contributed by atoms with Crippen LogP contribution in [0.4, 0.5) is 5.69 Å². The van der Waals surface area contributed by atoms with Gasteiger partial charge in [0.05, 0.1) is 34.9 Å². The van der Waals surface area contributed by atoms with Crippen LogP contribution in [0, 0.1) is 17.0 Å². The number of fused-ring (bicyclic) bond motifs is 1. The molecule has 1 aromatic heterocycles. The minimum Gasteiger partial charge on any atom is -0.493 e. The van der Waals surface area contributed by atoms with Gasteiger partial charge < -0.3 is 14.0 Å². The topological polar surface area (TPSA) is 96.0 Å². The van der Waals surface area contributed by atoms with Crippen molar-refractivity contribution in [1.82, 2.24) is 4.57 Å². The number of nitro groups is 1. The van der Waals surface area contributed by atoms with Crippen molar-refractivity contribution in [2.24, 2.45) is 4.99 Å². The standard InChI is InChI=1S/C20H19N3O5S/c1-5-9-22-15-10-16(27-3)17(28-4)11-18(15)29-20(22)21-19(24)13-7-6-8-14(12(13)2)23(25)26/h5-8,10-11H,1,9H2,2-4H3. The molecule has 0 aliphatic carbocycles. The first-order chi connectivity index (χ1) is 13.9. The fourth-order valence-corrected chi connectivity index (χ4v) is 4.04. The maximum atomic E-state index is 12.8. The fraction of sp³-hybridized carbons (Fsp3) is 0.200. The average Bonchev–Trinajstić information content (AvgIpc) is 3.03. The van der Waals surface area contributed by atoms with Crippen molar-refractivity contribution in [3.8, 4) is 11.5 Å². The zero-order valence-corrected chi connectivity index (χ0v) is 17.0. The number of thiazole rings is 1. The van der Waals surface area contributed by atoms with Gasteiger partial charge in [-0.2, -0.15) is 4.99 Å². The molecule has 29 heavy (non-hydrogen) atoms. The van der Waals surface area contributed by atoms with Crippen molar-refractivity contribution in [2.45, 2.75) is 13.5 Å². The van der Waals surface area contributed by atoms with E-state index in [9.17, 15) is 14.9 Å². The normalized spacial score (nSPS) is 11.5. The quantitative estimate of drug-likeness (QED) is 0.347. The van der Waals surface area contributed by atoms with Crippen LogP contribution in [-0.2, 0) is 6.54 Å². The first-order valence-corrected chi connectivity index (χ1v) is 9.42. The second-order valence-electron chi connectivity index (χ2n) is 6.08. The molecule has 1 amide bonds. The van der Waals surface area contributed by atoms with Crippen LogP contribution in [0.3, 0.4) is 0 Å². The van der Waals surface area contributed by atoms with Gasteiger partial charge in [-0.1, -0.05) is 23.5 Å². The molecule has 0 saturated heterocycles. The molecule has 0 aliphatic heterocycles. The third-order valence-electron chi connectivity index (χ3n) is 4.43. The van der Waals surface area contributed by atoms with E-state index in [4.69, 9.17) is 9.47 Å². The molecule has 9 heteroatoms. The Balaban J connectivity index is 2.21. The predicted molar refractivity (Wildman–Crippen MR) is 111 cm³/mol. The first-order valence-electron chi connectivity index (χ1n) is 8.60. The Kier molecular flexibility index (Phi) is 5.79. The van der Waals surface area contributed by atoms with E-state index in [1.807, 2.05) is 16.7 Å². The van der Waals surface area contributed by atoms with E-state index in [2.05, 4.69) is 11.6 Å². The Morgan fingerprint density at radius 2 is 2.00 bits per heavy atom. The maximum absolute atomic E-state index is 12.8. The van der Waals surface area contributed by atoms with Gasteiger partial charge in [0.2, 0.25) is 0 Å². The number of rotatable bonds is 6. The molecule has 1 heterocycles. The smallest absolute Gasteiger partial charge is 0.280 e. The van der Waals surface area contributed by atoms with Gasteiger partial charge in [0.1, 0.15) is 0 Å². The molecule has 0 atom stereocenters. The number of allylic oxidation sites excluding steroid dienone is 1. The zero-order valence-electron chi connectivity index (χ0n) is 16.2. The number of methoxy groups -OCH3 is 2. The van der Waals surface area contributed by atoms with Crippen molar-refractivity contribution in [3.05, 3.63) is 69.0 Å². The summed E-state index contributed by atoms with van der Waals surface area (Å²) in [5.41, 5.74) is 1.17. The highest BCUT2D eigenvalue weighted by Gasteiger charge is 2.18. The number of carbonyl (C=O) groups is 1. The monoisotopic (exact) mass is 413 g/mol. The summed E-state index contributed by atoms with van der Waals surface area (Å²) in [7, 11) is 3.10. The summed E-state index contributed by atoms with van der Waals surface area (Å²) in [5.74, 6) is 0.580. The van der Waals surface area contributed by atoms with E-state index in [1.54, 1.807) is 27.2 Å². The summed E-state index contributed by atoms with van der Waals surface area (Å²) in [6, 6.07) is 8.01. The van der Waals surface area contributed by atoms with Gasteiger partial charge >= 0.3 is 0 Å². The van der Waals surface area contributed by atoms with Gasteiger partial charge in [-0.25, -0.2) is 0 Å². The Hall–Kier alpha value is -3.46. The number of ether oxygens (including phenoxy) is 2. The highest BCUT2D eigenvalue weighted by Crippen LogP contribution is 2.33. The second-order valence-corrected chi connectivity index (χ2v) is 7.09. The summed E-state index contributed by atoms with van der Waals surface area (Å²) >= 11 is 1.31. The number of hydrogen-bond acceptors (Lipinski definition) is 6. The molecule has 0 aliphatic rings. The number of carbonyl (C=O) groups excluding carboxylic acids is 1. The summed E-state index contributed by atoms with van der Waals surface area (Å²) in [6.45, 7) is 5.74. The van der Waals surface area contributed by atoms with Crippen molar-refractivity contribution in [3.63, 3.8) is 0 Å². The molecular formula is C20H19N3O5S. The molecule has 3 aromatic rings. The maximum Gasteiger partial charge on any atom is 0.280 e. The van der Waals surface area contributed by atoms with Gasteiger partial charge in [-0.3, -0.25) is 14.9 Å². The van der Waals surface area contributed by atoms with E-state index in [1.165, 1.54) is 29.5 Å². The Labute approximate surface area is 170 Å². The van der Waals surface area contributed by atoms with Gasteiger partial charge in [0.15, 0.2) is 16.3 Å². The minimum atomic E-state index is -0.547. The predicted octanol–water partition coefficient (Wildman–Crippen LogP) is 3.86. The molecule has 0 spiro atoms. The van der Waals surface area contributed by atoms with Gasteiger partial charge in [-0.15, -0.1) is 6.58 Å². The van der Waals surface area contributed by atoms with Crippen molar-refractivity contribution >= 4 is 33.1 Å². The van der Waals surface area contributed by atoms with Crippen LogP contribution >= 0.6 is 11.3 Å². The molecule has 0 fully saturated rings. The van der Waals surface area contributed by atoms with E-state index < -0.39 is 10.8 Å². The lowest BCUT2D eigenvalue weighted by Crippen LogP contribution is -2.16. The SMILES string of the molecule is C=CCn1c(=NC(=O)c2cccc([N+](=O)[O-])c2C)sc2cc(OC)c(OC)cc21. The van der Waals surface area contributed by atoms with Crippen molar-refractivity contribution < 1.29 is 19.2 Å². The number of benzene rings is 2. The van der Waals surface area contributed by atoms with E-state index in [0.717, 1.165) is 10.2 Å². The van der Waals surface area contributed by atoms with Crippen LogP contribution in [0.15, 0.2) is 48.0 Å². The third-order valence-corrected chi connectivity index (χ3v) is 5.47. The van der Waals surface area contributed by atoms with Crippen LogP contribution in [0.25, 0.3) is 10.2 Å². The molecular weight excluding hydrogens is 394 g/mol. The lowest BCUT2D eigenvalue weighted by molar-refractivity contribution is -0.385. The van der Waals surface area contributed by atoms with Crippen LogP contribution in [0.5, 0.6) is 11.5 Å². The first kappa shape index (κ1) is 20.3. The largest absolute Gasteiger partial charge is 0.493 e. The van der Waals surface area contributed by atoms with Gasteiger partial charge in [-0.05, 0) is 13.0 Å². The molecule has 0 saturated carbocycles. The molecule has 3 rings (SSSR count). The van der Waals surface area contributed by atoms with Crippen molar-refractivity contribution in [2.75, 3.05) is 14.2 Å². The molecule has 0 radical (unpaired) electrons. The fourth-order valence-electron chi connectivity index (χ4n) is 2.99. The van der Waals surface area contributed by atoms with E-state index >= 15 is 0 Å². The lowest BCUT2D eigenvalue weighted by Gasteiger charge is -2.08. The molecule has 0 N–H and O–H groups in total. The molecule has 0 unspecified atom stereocenters. The van der Waals surface area contributed by atoms with E-state index in [0.29, 0.717) is 22.8 Å². The van der Waals surface area contributed by atoms with Crippen LogP contribution in [0.1, 0.15) is 15.9 Å². The lowest BCUT2D eigenvalue weighted by atomic mass is 10.1. The number of hydrogen-bond donors (Lipinski definition) is 0. The minimum absolute atomic E-state index is 0.115. The van der Waals surface area contributed by atoms with Crippen LogP contribution < -0.4 is 14.3 Å². The highest BCUT2D eigenvalue weighted by molar-refractivity contribution is 7.16. The van der Waals surface area contributed by atoms with Crippen LogP contribution in [-0.4, -0.2) is 29.6 Å². The van der Waals surface area contributed by atoms with E-state index in [-0.39, 0.29) is 16.8 Å². The number of aromatic nitrogens is 1. The van der Waals surface area contributed by atoms with Gasteiger partial charge in [0.25, 0.3) is 11.6 Å². The van der Waals surface area contributed by atoms with Gasteiger partial charge in [0, 0.05) is 30.3 Å². The average molecular weight is 413 g/mol. The number of nitro benzene ring substituents is 1.